The topological polar surface area (TPSA) is 49.8 Å². The number of hydroxylamine groups is 2. The highest BCUT2D eigenvalue weighted by molar-refractivity contribution is 5.72. The lowest BCUT2D eigenvalue weighted by molar-refractivity contribution is -0.166. The van der Waals surface area contributed by atoms with Gasteiger partial charge in [-0.1, -0.05) is 20.8 Å². The van der Waals surface area contributed by atoms with Crippen LogP contribution in [0.1, 0.15) is 34.1 Å². The zero-order valence-corrected chi connectivity index (χ0v) is 10.2. The van der Waals surface area contributed by atoms with Gasteiger partial charge in [0, 0.05) is 13.1 Å². The standard InChI is InChI=1S/C9H17NO3.C2H6/c1-3-13-9(11)8-4-7(2)5-10(12)6-8;1-2/h7-8,12H,3-6H2,1-2H3;1-2H3. The highest BCUT2D eigenvalue weighted by atomic mass is 16.5. The van der Waals surface area contributed by atoms with Crippen LogP contribution < -0.4 is 0 Å². The van der Waals surface area contributed by atoms with Gasteiger partial charge in [-0.15, -0.1) is 0 Å². The molecule has 1 fully saturated rings. The molecule has 0 spiro atoms. The lowest BCUT2D eigenvalue weighted by atomic mass is 9.92. The molecule has 0 amide bonds. The van der Waals surface area contributed by atoms with Crippen molar-refractivity contribution in [2.45, 2.75) is 34.1 Å². The van der Waals surface area contributed by atoms with Gasteiger partial charge in [0.15, 0.2) is 0 Å². The van der Waals surface area contributed by atoms with E-state index in [9.17, 15) is 10.0 Å². The molecule has 1 aliphatic heterocycles. The van der Waals surface area contributed by atoms with Crippen molar-refractivity contribution in [2.24, 2.45) is 11.8 Å². The summed E-state index contributed by atoms with van der Waals surface area (Å²) in [7, 11) is 0. The van der Waals surface area contributed by atoms with Gasteiger partial charge in [-0.25, -0.2) is 0 Å². The second-order valence-electron chi connectivity index (χ2n) is 3.66. The van der Waals surface area contributed by atoms with Gasteiger partial charge in [0.25, 0.3) is 0 Å². The van der Waals surface area contributed by atoms with Crippen LogP contribution in [-0.2, 0) is 9.53 Å². The van der Waals surface area contributed by atoms with Crippen molar-refractivity contribution in [1.29, 1.82) is 0 Å². The molecule has 0 saturated carbocycles. The minimum atomic E-state index is -0.187. The predicted molar refractivity (Wildman–Crippen MR) is 58.6 cm³/mol. The quantitative estimate of drug-likeness (QED) is 0.718. The second-order valence-corrected chi connectivity index (χ2v) is 3.66. The lowest BCUT2D eigenvalue weighted by Crippen LogP contribution is -2.41. The minimum absolute atomic E-state index is 0.159. The molecule has 90 valence electrons. The zero-order valence-electron chi connectivity index (χ0n) is 10.2. The maximum Gasteiger partial charge on any atom is 0.310 e. The van der Waals surface area contributed by atoms with Gasteiger partial charge in [-0.2, -0.15) is 5.06 Å². The summed E-state index contributed by atoms with van der Waals surface area (Å²) in [5.74, 6) is 0.00922. The zero-order chi connectivity index (χ0) is 11.8. The predicted octanol–water partition coefficient (Wildman–Crippen LogP) is 1.92. The number of hydrogen-bond acceptors (Lipinski definition) is 4. The summed E-state index contributed by atoms with van der Waals surface area (Å²) in [6.45, 7) is 9.28. The Labute approximate surface area is 92.2 Å². The number of carbonyl (C=O) groups excluding carboxylic acids is 1. The first-order valence-corrected chi connectivity index (χ1v) is 5.74. The molecule has 2 unspecified atom stereocenters. The first-order valence-electron chi connectivity index (χ1n) is 5.74. The van der Waals surface area contributed by atoms with Crippen molar-refractivity contribution in [2.75, 3.05) is 19.7 Å². The molecule has 0 radical (unpaired) electrons. The van der Waals surface area contributed by atoms with Gasteiger partial charge >= 0.3 is 5.97 Å². The molecular weight excluding hydrogens is 194 g/mol. The number of hydrogen-bond donors (Lipinski definition) is 1. The third kappa shape index (κ3) is 5.14. The van der Waals surface area contributed by atoms with Crippen molar-refractivity contribution in [3.05, 3.63) is 0 Å². The fraction of sp³-hybridized carbons (Fsp3) is 0.909. The Morgan fingerprint density at radius 2 is 2.07 bits per heavy atom. The summed E-state index contributed by atoms with van der Waals surface area (Å²) in [4.78, 5) is 11.3. The summed E-state index contributed by atoms with van der Waals surface area (Å²) in [6.07, 6.45) is 0.815. The smallest absolute Gasteiger partial charge is 0.310 e. The van der Waals surface area contributed by atoms with Gasteiger partial charge in [0.05, 0.1) is 12.5 Å². The van der Waals surface area contributed by atoms with Crippen LogP contribution in [0.25, 0.3) is 0 Å². The summed E-state index contributed by atoms with van der Waals surface area (Å²) in [6, 6.07) is 0. The van der Waals surface area contributed by atoms with Crippen molar-refractivity contribution < 1.29 is 14.7 Å². The van der Waals surface area contributed by atoms with Gasteiger partial charge < -0.3 is 9.94 Å². The minimum Gasteiger partial charge on any atom is -0.466 e. The molecule has 2 atom stereocenters. The van der Waals surface area contributed by atoms with Crippen LogP contribution in [0.15, 0.2) is 0 Å². The Morgan fingerprint density at radius 1 is 1.47 bits per heavy atom. The molecule has 1 heterocycles. The van der Waals surface area contributed by atoms with Crippen LogP contribution in [0, 0.1) is 11.8 Å². The Kier molecular flexibility index (Phi) is 7.34. The molecule has 0 aliphatic carbocycles. The number of nitrogens with zero attached hydrogens (tertiary/aromatic N) is 1. The van der Waals surface area contributed by atoms with Crippen molar-refractivity contribution in [1.82, 2.24) is 5.06 Å². The first-order chi connectivity index (χ1) is 7.13. The Balaban J connectivity index is 0.000000921. The van der Waals surface area contributed by atoms with Crippen LogP contribution in [-0.4, -0.2) is 35.9 Å². The Morgan fingerprint density at radius 3 is 2.53 bits per heavy atom. The summed E-state index contributed by atoms with van der Waals surface area (Å²) < 4.78 is 4.90. The van der Waals surface area contributed by atoms with Crippen LogP contribution in [0.2, 0.25) is 0 Å². The summed E-state index contributed by atoms with van der Waals surface area (Å²) in [5.41, 5.74) is 0. The molecule has 15 heavy (non-hydrogen) atoms. The third-order valence-corrected chi connectivity index (χ3v) is 2.26. The summed E-state index contributed by atoms with van der Waals surface area (Å²) in [5, 5.41) is 10.5. The van der Waals surface area contributed by atoms with E-state index in [-0.39, 0.29) is 11.9 Å². The molecule has 4 heteroatoms. The molecule has 1 aliphatic rings. The molecule has 1 N–H and O–H groups in total. The fourth-order valence-electron chi connectivity index (χ4n) is 1.75. The van der Waals surface area contributed by atoms with Crippen molar-refractivity contribution in [3.8, 4) is 0 Å². The number of carbonyl (C=O) groups is 1. The highest BCUT2D eigenvalue weighted by Crippen LogP contribution is 2.21. The van der Waals surface area contributed by atoms with Crippen molar-refractivity contribution in [3.63, 3.8) is 0 Å². The van der Waals surface area contributed by atoms with E-state index in [4.69, 9.17) is 4.74 Å². The van der Waals surface area contributed by atoms with E-state index in [0.717, 1.165) is 6.42 Å². The molecule has 1 saturated heterocycles. The Bertz CT molecular complexity index is 175. The van der Waals surface area contributed by atoms with Crippen LogP contribution in [0.3, 0.4) is 0 Å². The Hall–Kier alpha value is -0.610. The van der Waals surface area contributed by atoms with Crippen LogP contribution in [0.4, 0.5) is 0 Å². The normalized spacial score (nSPS) is 26.5. The lowest BCUT2D eigenvalue weighted by Gasteiger charge is -2.30. The average Bonchev–Trinajstić information content (AvgIpc) is 2.20. The number of esters is 1. The molecule has 0 bridgehead atoms. The highest BCUT2D eigenvalue weighted by Gasteiger charge is 2.29. The van der Waals surface area contributed by atoms with E-state index < -0.39 is 0 Å². The maximum absolute atomic E-state index is 11.3. The van der Waals surface area contributed by atoms with Gasteiger partial charge in [0.2, 0.25) is 0 Å². The van der Waals surface area contributed by atoms with Gasteiger partial charge in [-0.05, 0) is 19.3 Å². The van der Waals surface area contributed by atoms with Gasteiger partial charge in [0.1, 0.15) is 0 Å². The van der Waals surface area contributed by atoms with E-state index in [1.807, 2.05) is 20.8 Å². The maximum atomic E-state index is 11.3. The SMILES string of the molecule is CC.CCOC(=O)C1CC(C)CN(O)C1. The van der Waals surface area contributed by atoms with E-state index in [1.165, 1.54) is 5.06 Å². The number of ether oxygens (including phenoxy) is 1. The van der Waals surface area contributed by atoms with Crippen LogP contribution in [0.5, 0.6) is 0 Å². The molecule has 0 aromatic carbocycles. The number of rotatable bonds is 2. The molecular formula is C11H23NO3. The van der Waals surface area contributed by atoms with E-state index in [0.29, 0.717) is 25.6 Å². The second kappa shape index (κ2) is 7.65. The van der Waals surface area contributed by atoms with Crippen LogP contribution >= 0.6 is 0 Å². The fourth-order valence-corrected chi connectivity index (χ4v) is 1.75. The molecule has 0 aromatic heterocycles. The molecule has 0 aromatic rings. The van der Waals surface area contributed by atoms with E-state index in [1.54, 1.807) is 6.92 Å². The molecule has 1 rings (SSSR count). The van der Waals surface area contributed by atoms with E-state index in [2.05, 4.69) is 0 Å². The largest absolute Gasteiger partial charge is 0.466 e. The van der Waals surface area contributed by atoms with Gasteiger partial charge in [-0.3, -0.25) is 4.79 Å². The third-order valence-electron chi connectivity index (χ3n) is 2.26. The average molecular weight is 217 g/mol. The number of piperidine rings is 1. The monoisotopic (exact) mass is 217 g/mol. The van der Waals surface area contributed by atoms with Crippen molar-refractivity contribution >= 4 is 5.97 Å². The molecule has 4 nitrogen and oxygen atoms in total. The van der Waals surface area contributed by atoms with E-state index >= 15 is 0 Å². The first kappa shape index (κ1) is 14.4. The summed E-state index contributed by atoms with van der Waals surface area (Å²) >= 11 is 0.